The molecule has 2 bridgehead atoms. The van der Waals surface area contributed by atoms with Gasteiger partial charge in [0, 0.05) is 0 Å². The topological polar surface area (TPSA) is 90.0 Å². The first-order chi connectivity index (χ1) is 11.5. The lowest BCUT2D eigenvalue weighted by atomic mass is 9.70. The molecule has 4 unspecified atom stereocenters. The Morgan fingerprint density at radius 2 is 1.75 bits per heavy atom. The van der Waals surface area contributed by atoms with Crippen LogP contribution in [0.15, 0.2) is 42.0 Å². The number of benzene rings is 1. The van der Waals surface area contributed by atoms with E-state index < -0.39 is 47.6 Å². The van der Waals surface area contributed by atoms with Crippen LogP contribution in [0.1, 0.15) is 0 Å². The molecule has 3 aliphatic heterocycles. The van der Waals surface area contributed by atoms with E-state index in [9.17, 15) is 19.2 Å². The van der Waals surface area contributed by atoms with Gasteiger partial charge in [-0.1, -0.05) is 24.3 Å². The van der Waals surface area contributed by atoms with E-state index in [0.29, 0.717) is 5.69 Å². The molecule has 2 saturated heterocycles. The molecule has 0 spiro atoms. The molecule has 2 amide bonds. The van der Waals surface area contributed by atoms with Crippen LogP contribution in [0.4, 0.5) is 5.69 Å². The monoisotopic (exact) mass is 327 g/mol. The number of carbonyl (C=O) groups is 4. The summed E-state index contributed by atoms with van der Waals surface area (Å²) in [5.74, 6) is -4.83. The summed E-state index contributed by atoms with van der Waals surface area (Å²) >= 11 is 0. The van der Waals surface area contributed by atoms with Gasteiger partial charge < -0.3 is 9.47 Å². The number of nitrogens with zero attached hydrogens (tertiary/aromatic N) is 1. The second-order valence-corrected chi connectivity index (χ2v) is 5.90. The molecule has 0 radical (unpaired) electrons. The van der Waals surface area contributed by atoms with Gasteiger partial charge in [-0.25, -0.2) is 9.69 Å². The molecule has 1 aromatic carbocycles. The third kappa shape index (κ3) is 1.78. The average molecular weight is 327 g/mol. The summed E-state index contributed by atoms with van der Waals surface area (Å²) in [5, 5.41) is 0. The zero-order chi connectivity index (χ0) is 17.0. The summed E-state index contributed by atoms with van der Waals surface area (Å²) in [6, 6.07) is 8.49. The molecular weight excluding hydrogens is 314 g/mol. The van der Waals surface area contributed by atoms with E-state index in [1.54, 1.807) is 30.3 Å². The number of amides is 2. The molecule has 1 aromatic rings. The molecule has 4 atom stereocenters. The highest BCUT2D eigenvalue weighted by molar-refractivity contribution is 6.24. The molecule has 0 aromatic heterocycles. The number of ether oxygens (including phenoxy) is 2. The largest absolute Gasteiger partial charge is 0.466 e. The lowest BCUT2D eigenvalue weighted by Crippen LogP contribution is -2.52. The quantitative estimate of drug-likeness (QED) is 0.578. The van der Waals surface area contributed by atoms with Crippen molar-refractivity contribution in [1.29, 1.82) is 0 Å². The van der Waals surface area contributed by atoms with Crippen LogP contribution in [-0.2, 0) is 28.7 Å². The number of methoxy groups -OCH3 is 1. The molecular formula is C17H13NO6. The van der Waals surface area contributed by atoms with Gasteiger partial charge in [-0.3, -0.25) is 14.4 Å². The maximum atomic E-state index is 12.8. The van der Waals surface area contributed by atoms with E-state index in [1.807, 2.05) is 0 Å². The minimum Gasteiger partial charge on any atom is -0.466 e. The van der Waals surface area contributed by atoms with Crippen LogP contribution >= 0.6 is 0 Å². The van der Waals surface area contributed by atoms with Crippen LogP contribution in [0.2, 0.25) is 0 Å². The van der Waals surface area contributed by atoms with Crippen molar-refractivity contribution < 1.29 is 28.7 Å². The summed E-state index contributed by atoms with van der Waals surface area (Å²) in [4.78, 5) is 50.6. The van der Waals surface area contributed by atoms with E-state index in [4.69, 9.17) is 9.47 Å². The maximum Gasteiger partial charge on any atom is 0.337 e. The number of fused-ring (bicyclic) bond motifs is 1. The van der Waals surface area contributed by atoms with Gasteiger partial charge in [0.15, 0.2) is 0 Å². The number of rotatable bonds is 2. The van der Waals surface area contributed by atoms with Crippen molar-refractivity contribution in [2.75, 3.05) is 12.0 Å². The molecule has 0 N–H and O–H groups in total. The molecule has 4 aliphatic rings. The van der Waals surface area contributed by atoms with Crippen molar-refractivity contribution >= 4 is 29.4 Å². The van der Waals surface area contributed by atoms with Crippen molar-refractivity contribution in [3.63, 3.8) is 0 Å². The molecule has 3 heterocycles. The predicted molar refractivity (Wildman–Crippen MR) is 79.4 cm³/mol. The Hall–Kier alpha value is -2.96. The van der Waals surface area contributed by atoms with E-state index in [0.717, 1.165) is 4.90 Å². The Morgan fingerprint density at radius 1 is 1.08 bits per heavy atom. The summed E-state index contributed by atoms with van der Waals surface area (Å²) in [5.41, 5.74) is 0.563. The third-order valence-electron chi connectivity index (χ3n) is 4.73. The Bertz CT molecular complexity index is 799. The number of para-hydroxylation sites is 1. The molecule has 7 heteroatoms. The molecule has 24 heavy (non-hydrogen) atoms. The maximum absolute atomic E-state index is 12.8. The predicted octanol–water partition coefficient (Wildman–Crippen LogP) is 0.447. The highest BCUT2D eigenvalue weighted by Gasteiger charge is 2.64. The van der Waals surface area contributed by atoms with Crippen molar-refractivity contribution in [2.45, 2.75) is 6.10 Å². The van der Waals surface area contributed by atoms with Gasteiger partial charge in [-0.2, -0.15) is 0 Å². The molecule has 2 fully saturated rings. The Balaban J connectivity index is 1.79. The van der Waals surface area contributed by atoms with Crippen LogP contribution in [0.25, 0.3) is 0 Å². The first-order valence-corrected chi connectivity index (χ1v) is 7.48. The fourth-order valence-electron chi connectivity index (χ4n) is 3.68. The van der Waals surface area contributed by atoms with Gasteiger partial charge in [0.2, 0.25) is 11.8 Å². The lowest BCUT2D eigenvalue weighted by Gasteiger charge is -2.39. The van der Waals surface area contributed by atoms with Crippen LogP contribution in [-0.4, -0.2) is 37.0 Å². The first kappa shape index (κ1) is 14.6. The van der Waals surface area contributed by atoms with Gasteiger partial charge in [-0.15, -0.1) is 0 Å². The minimum absolute atomic E-state index is 0.124. The van der Waals surface area contributed by atoms with Crippen molar-refractivity contribution in [1.82, 2.24) is 0 Å². The standard InChI is InChI=1S/C17H13NO6/c1-23-16(21)10-7-9-11-12(13(10)24-17(9)22)15(20)18(14(11)19)8-5-3-2-4-6-8/h2-7,9,11-13H,1H3. The van der Waals surface area contributed by atoms with Gasteiger partial charge in [0.1, 0.15) is 6.10 Å². The normalized spacial score (nSPS) is 30.8. The molecule has 122 valence electrons. The Kier molecular flexibility index (Phi) is 3.06. The fourth-order valence-corrected chi connectivity index (χ4v) is 3.68. The van der Waals surface area contributed by atoms with Gasteiger partial charge in [-0.05, 0) is 12.1 Å². The Morgan fingerprint density at radius 3 is 2.42 bits per heavy atom. The van der Waals surface area contributed by atoms with Gasteiger partial charge in [0.05, 0.1) is 36.1 Å². The van der Waals surface area contributed by atoms with E-state index in [-0.39, 0.29) is 5.57 Å². The molecule has 0 saturated carbocycles. The van der Waals surface area contributed by atoms with Gasteiger partial charge >= 0.3 is 11.9 Å². The number of imide groups is 1. The number of carbonyl (C=O) groups excluding carboxylic acids is 4. The Labute approximate surface area is 136 Å². The van der Waals surface area contributed by atoms with Gasteiger partial charge in [0.25, 0.3) is 0 Å². The first-order valence-electron chi connectivity index (χ1n) is 7.48. The van der Waals surface area contributed by atoms with Crippen LogP contribution in [0.5, 0.6) is 0 Å². The second-order valence-electron chi connectivity index (χ2n) is 5.90. The summed E-state index contributed by atoms with van der Waals surface area (Å²) < 4.78 is 9.92. The van der Waals surface area contributed by atoms with E-state index in [2.05, 4.69) is 0 Å². The molecule has 5 rings (SSSR count). The fraction of sp³-hybridized carbons (Fsp3) is 0.294. The number of hydrogen-bond acceptors (Lipinski definition) is 6. The summed E-state index contributed by atoms with van der Waals surface area (Å²) in [6.07, 6.45) is 0.327. The second kappa shape index (κ2) is 5.02. The number of anilines is 1. The van der Waals surface area contributed by atoms with E-state index >= 15 is 0 Å². The zero-order valence-electron chi connectivity index (χ0n) is 12.7. The lowest BCUT2D eigenvalue weighted by molar-refractivity contribution is -0.171. The average Bonchev–Trinajstić information content (AvgIpc) is 2.87. The van der Waals surface area contributed by atoms with Crippen LogP contribution in [0.3, 0.4) is 0 Å². The summed E-state index contributed by atoms with van der Waals surface area (Å²) in [6.45, 7) is 0. The molecule has 7 nitrogen and oxygen atoms in total. The summed E-state index contributed by atoms with van der Waals surface area (Å²) in [7, 11) is 1.21. The minimum atomic E-state index is -1.08. The van der Waals surface area contributed by atoms with Crippen molar-refractivity contribution in [3.05, 3.63) is 42.0 Å². The highest BCUT2D eigenvalue weighted by atomic mass is 16.6. The SMILES string of the molecule is COC(=O)C1=CC2C(=O)OC1C1C(=O)N(c3ccccc3)C(=O)C21. The van der Waals surface area contributed by atoms with Crippen molar-refractivity contribution in [2.24, 2.45) is 17.8 Å². The number of esters is 2. The van der Waals surface area contributed by atoms with Crippen LogP contribution < -0.4 is 4.90 Å². The van der Waals surface area contributed by atoms with E-state index in [1.165, 1.54) is 13.2 Å². The number of hydrogen-bond donors (Lipinski definition) is 0. The molecule has 1 aliphatic carbocycles. The van der Waals surface area contributed by atoms with Crippen molar-refractivity contribution in [3.8, 4) is 0 Å². The highest BCUT2D eigenvalue weighted by Crippen LogP contribution is 2.48. The smallest absolute Gasteiger partial charge is 0.337 e. The third-order valence-corrected chi connectivity index (χ3v) is 4.73. The zero-order valence-corrected chi connectivity index (χ0v) is 12.7. The van der Waals surface area contributed by atoms with Crippen LogP contribution in [0, 0.1) is 17.8 Å².